The molecule has 0 fully saturated rings. The lowest BCUT2D eigenvalue weighted by Gasteiger charge is -2.13. The van der Waals surface area contributed by atoms with Crippen LogP contribution in [0.4, 0.5) is 0 Å². The minimum Gasteiger partial charge on any atom is -0.310 e. The molecular formula is C15H22N4. The quantitative estimate of drug-likeness (QED) is 0.810. The zero-order chi connectivity index (χ0) is 13.7. The van der Waals surface area contributed by atoms with Crippen LogP contribution >= 0.6 is 0 Å². The first kappa shape index (κ1) is 13.7. The predicted octanol–water partition coefficient (Wildman–Crippen LogP) is 2.64. The zero-order valence-electron chi connectivity index (χ0n) is 11.9. The molecule has 2 aromatic rings. The van der Waals surface area contributed by atoms with Crippen LogP contribution in [0.25, 0.3) is 0 Å². The Balaban J connectivity index is 1.74. The van der Waals surface area contributed by atoms with Crippen molar-refractivity contribution in [3.05, 3.63) is 47.5 Å². The van der Waals surface area contributed by atoms with Gasteiger partial charge in [-0.05, 0) is 51.4 Å². The Kier molecular flexibility index (Phi) is 4.68. The van der Waals surface area contributed by atoms with Crippen molar-refractivity contribution in [1.82, 2.24) is 20.1 Å². The van der Waals surface area contributed by atoms with E-state index >= 15 is 0 Å². The van der Waals surface area contributed by atoms with Crippen molar-refractivity contribution in [2.24, 2.45) is 0 Å². The molecule has 0 aliphatic carbocycles. The van der Waals surface area contributed by atoms with Crippen molar-refractivity contribution in [3.63, 3.8) is 0 Å². The highest BCUT2D eigenvalue weighted by atomic mass is 15.3. The number of nitrogens with one attached hydrogen (secondary N) is 1. The topological polar surface area (TPSA) is 42.7 Å². The minimum atomic E-state index is 0.342. The Bertz CT molecular complexity index is 504. The Hall–Kier alpha value is -1.68. The van der Waals surface area contributed by atoms with Crippen LogP contribution in [0.3, 0.4) is 0 Å². The molecule has 0 aliphatic rings. The number of aromatic nitrogens is 3. The third-order valence-electron chi connectivity index (χ3n) is 3.28. The van der Waals surface area contributed by atoms with Gasteiger partial charge in [0.2, 0.25) is 0 Å². The van der Waals surface area contributed by atoms with E-state index in [0.29, 0.717) is 6.04 Å². The number of aryl methyl sites for hydroxylation is 3. The van der Waals surface area contributed by atoms with Crippen molar-refractivity contribution >= 4 is 0 Å². The van der Waals surface area contributed by atoms with E-state index in [9.17, 15) is 0 Å². The number of nitrogens with zero attached hydrogens (tertiary/aromatic N) is 3. The van der Waals surface area contributed by atoms with Crippen molar-refractivity contribution in [2.45, 2.75) is 39.8 Å². The molecule has 0 saturated heterocycles. The molecule has 1 atom stereocenters. The zero-order valence-corrected chi connectivity index (χ0v) is 11.9. The summed E-state index contributed by atoms with van der Waals surface area (Å²) >= 11 is 0. The van der Waals surface area contributed by atoms with E-state index in [-0.39, 0.29) is 0 Å². The van der Waals surface area contributed by atoms with Gasteiger partial charge in [-0.3, -0.25) is 9.67 Å². The largest absolute Gasteiger partial charge is 0.310 e. The fraction of sp³-hybridized carbons (Fsp3) is 0.467. The van der Waals surface area contributed by atoms with Gasteiger partial charge in [0.15, 0.2) is 0 Å². The summed E-state index contributed by atoms with van der Waals surface area (Å²) < 4.78 is 2.08. The maximum atomic E-state index is 4.46. The molecule has 0 saturated carbocycles. The van der Waals surface area contributed by atoms with Crippen LogP contribution in [0.5, 0.6) is 0 Å². The Morgan fingerprint density at radius 1 is 1.37 bits per heavy atom. The van der Waals surface area contributed by atoms with Gasteiger partial charge in [-0.15, -0.1) is 0 Å². The maximum absolute atomic E-state index is 4.46. The smallest absolute Gasteiger partial charge is 0.0596 e. The van der Waals surface area contributed by atoms with Crippen molar-refractivity contribution in [1.29, 1.82) is 0 Å². The second-order valence-electron chi connectivity index (χ2n) is 4.97. The van der Waals surface area contributed by atoms with Crippen molar-refractivity contribution in [3.8, 4) is 0 Å². The summed E-state index contributed by atoms with van der Waals surface area (Å²) in [4.78, 5) is 4.14. The van der Waals surface area contributed by atoms with Crippen LogP contribution in [-0.2, 0) is 6.54 Å². The molecule has 102 valence electrons. The van der Waals surface area contributed by atoms with Gasteiger partial charge < -0.3 is 5.32 Å². The van der Waals surface area contributed by atoms with E-state index in [1.54, 1.807) is 6.20 Å². The number of hydrogen-bond donors (Lipinski definition) is 1. The molecule has 0 radical (unpaired) electrons. The molecule has 0 aromatic carbocycles. The van der Waals surface area contributed by atoms with Crippen molar-refractivity contribution in [2.75, 3.05) is 6.54 Å². The number of hydrogen-bond acceptors (Lipinski definition) is 3. The fourth-order valence-corrected chi connectivity index (χ4v) is 2.20. The van der Waals surface area contributed by atoms with Gasteiger partial charge >= 0.3 is 0 Å². The Morgan fingerprint density at radius 2 is 2.21 bits per heavy atom. The van der Waals surface area contributed by atoms with Gasteiger partial charge in [0.1, 0.15) is 0 Å². The molecular weight excluding hydrogens is 236 g/mol. The summed E-state index contributed by atoms with van der Waals surface area (Å²) in [5.41, 5.74) is 3.56. The van der Waals surface area contributed by atoms with Crippen LogP contribution in [0, 0.1) is 13.8 Å². The molecule has 4 heteroatoms. The monoisotopic (exact) mass is 258 g/mol. The summed E-state index contributed by atoms with van der Waals surface area (Å²) in [5, 5.41) is 7.98. The summed E-state index contributed by atoms with van der Waals surface area (Å²) in [6, 6.07) is 6.54. The Morgan fingerprint density at radius 3 is 2.84 bits per heavy atom. The third kappa shape index (κ3) is 3.89. The highest BCUT2D eigenvalue weighted by Gasteiger charge is 2.04. The lowest BCUT2D eigenvalue weighted by atomic mass is 10.1. The van der Waals surface area contributed by atoms with E-state index < -0.39 is 0 Å². The summed E-state index contributed by atoms with van der Waals surface area (Å²) in [5.74, 6) is 0. The SMILES string of the molecule is Cc1cc(C)n(CCCNC(C)c2cccnc2)n1. The minimum absolute atomic E-state index is 0.342. The van der Waals surface area contributed by atoms with Gasteiger partial charge in [0, 0.05) is 30.7 Å². The molecule has 2 rings (SSSR count). The van der Waals surface area contributed by atoms with Gasteiger partial charge in [-0.25, -0.2) is 0 Å². The number of pyridine rings is 1. The molecule has 19 heavy (non-hydrogen) atoms. The lowest BCUT2D eigenvalue weighted by Crippen LogP contribution is -2.21. The third-order valence-corrected chi connectivity index (χ3v) is 3.28. The molecule has 1 N–H and O–H groups in total. The standard InChI is InChI=1S/C15H22N4/c1-12-10-13(2)19(18-12)9-5-8-17-14(3)15-6-4-7-16-11-15/h4,6-7,10-11,14,17H,5,8-9H2,1-3H3. The number of rotatable bonds is 6. The normalized spacial score (nSPS) is 12.6. The molecule has 1 unspecified atom stereocenters. The summed E-state index contributed by atoms with van der Waals surface area (Å²) in [6.45, 7) is 8.25. The molecule has 2 aromatic heterocycles. The van der Waals surface area contributed by atoms with Gasteiger partial charge in [0.05, 0.1) is 5.69 Å². The average molecular weight is 258 g/mol. The highest BCUT2D eigenvalue weighted by Crippen LogP contribution is 2.09. The second-order valence-corrected chi connectivity index (χ2v) is 4.97. The summed E-state index contributed by atoms with van der Waals surface area (Å²) in [7, 11) is 0. The van der Waals surface area contributed by atoms with Crippen LogP contribution in [-0.4, -0.2) is 21.3 Å². The van der Waals surface area contributed by atoms with Gasteiger partial charge in [-0.1, -0.05) is 6.07 Å². The van der Waals surface area contributed by atoms with E-state index in [0.717, 1.165) is 25.2 Å². The molecule has 0 amide bonds. The summed E-state index contributed by atoms with van der Waals surface area (Å²) in [6.07, 6.45) is 4.80. The average Bonchev–Trinajstić information content (AvgIpc) is 2.74. The molecule has 2 heterocycles. The fourth-order valence-electron chi connectivity index (χ4n) is 2.20. The first-order valence-corrected chi connectivity index (χ1v) is 6.81. The maximum Gasteiger partial charge on any atom is 0.0596 e. The first-order valence-electron chi connectivity index (χ1n) is 6.81. The van der Waals surface area contributed by atoms with E-state index in [2.05, 4.69) is 46.1 Å². The van der Waals surface area contributed by atoms with E-state index in [4.69, 9.17) is 0 Å². The molecule has 4 nitrogen and oxygen atoms in total. The van der Waals surface area contributed by atoms with Crippen LogP contribution in [0.1, 0.15) is 36.3 Å². The van der Waals surface area contributed by atoms with E-state index in [1.807, 2.05) is 19.2 Å². The molecule has 0 spiro atoms. The van der Waals surface area contributed by atoms with Gasteiger partial charge in [-0.2, -0.15) is 5.10 Å². The van der Waals surface area contributed by atoms with E-state index in [1.165, 1.54) is 11.3 Å². The second kappa shape index (κ2) is 6.48. The predicted molar refractivity (Wildman–Crippen MR) is 77.0 cm³/mol. The molecule has 0 aliphatic heterocycles. The lowest BCUT2D eigenvalue weighted by molar-refractivity contribution is 0.500. The highest BCUT2D eigenvalue weighted by molar-refractivity contribution is 5.12. The first-order chi connectivity index (χ1) is 9.16. The van der Waals surface area contributed by atoms with Crippen LogP contribution in [0.2, 0.25) is 0 Å². The Labute approximate surface area is 114 Å². The van der Waals surface area contributed by atoms with Crippen molar-refractivity contribution < 1.29 is 0 Å². The van der Waals surface area contributed by atoms with Crippen LogP contribution in [0.15, 0.2) is 30.6 Å². The van der Waals surface area contributed by atoms with Crippen LogP contribution < -0.4 is 5.32 Å². The molecule has 0 bridgehead atoms. The van der Waals surface area contributed by atoms with Gasteiger partial charge in [0.25, 0.3) is 0 Å².